The molecule has 0 unspecified atom stereocenters. The third-order valence-electron chi connectivity index (χ3n) is 5.11. The summed E-state index contributed by atoms with van der Waals surface area (Å²) in [4.78, 5) is 29.4. The summed E-state index contributed by atoms with van der Waals surface area (Å²) >= 11 is 6.90. The van der Waals surface area contributed by atoms with Crippen LogP contribution in [0.25, 0.3) is 6.08 Å². The summed E-state index contributed by atoms with van der Waals surface area (Å²) in [5, 5.41) is 2.74. The van der Waals surface area contributed by atoms with Gasteiger partial charge in [-0.2, -0.15) is 0 Å². The van der Waals surface area contributed by atoms with Crippen molar-refractivity contribution in [2.24, 2.45) is 0 Å². The minimum absolute atomic E-state index is 0.0487. The lowest BCUT2D eigenvalue weighted by atomic mass is 10.0. The van der Waals surface area contributed by atoms with Gasteiger partial charge in [0, 0.05) is 9.79 Å². The zero-order valence-corrected chi connectivity index (χ0v) is 19.4. The Morgan fingerprint density at radius 3 is 2.25 bits per heavy atom. The van der Waals surface area contributed by atoms with Crippen LogP contribution in [0.5, 0.6) is 0 Å². The Kier molecular flexibility index (Phi) is 6.53. The van der Waals surface area contributed by atoms with Gasteiger partial charge >= 0.3 is 0 Å². The lowest BCUT2D eigenvalue weighted by molar-refractivity contribution is -0.122. The smallest absolute Gasteiger partial charge is 0.270 e. The molecule has 32 heavy (non-hydrogen) atoms. The van der Waals surface area contributed by atoms with Crippen LogP contribution in [0.2, 0.25) is 0 Å². The number of amides is 2. The fourth-order valence-corrected chi connectivity index (χ4v) is 4.58. The number of hydrogen-bond acceptors (Lipinski definition) is 4. The summed E-state index contributed by atoms with van der Waals surface area (Å²) in [6, 6.07) is 25.3. The van der Waals surface area contributed by atoms with Gasteiger partial charge in [-0.1, -0.05) is 74.1 Å². The molecule has 0 radical (unpaired) electrons. The molecule has 1 aliphatic heterocycles. The van der Waals surface area contributed by atoms with E-state index in [0.29, 0.717) is 11.6 Å². The van der Waals surface area contributed by atoms with Crippen molar-refractivity contribution < 1.29 is 9.59 Å². The number of thiocarbonyl (C=S) groups is 1. The van der Waals surface area contributed by atoms with Gasteiger partial charge in [-0.15, -0.1) is 0 Å². The number of rotatable bonds is 5. The van der Waals surface area contributed by atoms with Gasteiger partial charge < -0.3 is 0 Å². The van der Waals surface area contributed by atoms with Crippen LogP contribution in [0, 0.1) is 0 Å². The molecule has 0 spiro atoms. The first-order chi connectivity index (χ1) is 15.4. The number of benzene rings is 3. The molecule has 6 heteroatoms. The largest absolute Gasteiger partial charge is 0.298 e. The van der Waals surface area contributed by atoms with Gasteiger partial charge in [0.25, 0.3) is 11.8 Å². The van der Waals surface area contributed by atoms with Crippen molar-refractivity contribution in [2.45, 2.75) is 29.6 Å². The van der Waals surface area contributed by atoms with Gasteiger partial charge in [-0.05, 0) is 65.7 Å². The molecule has 1 heterocycles. The van der Waals surface area contributed by atoms with E-state index in [0.717, 1.165) is 20.9 Å². The predicted octanol–water partition coefficient (Wildman–Crippen LogP) is 5.79. The summed E-state index contributed by atoms with van der Waals surface area (Å²) in [7, 11) is 0. The summed E-state index contributed by atoms with van der Waals surface area (Å²) in [6.45, 7) is 4.22. The highest BCUT2D eigenvalue weighted by Crippen LogP contribution is 2.32. The first-order valence-corrected chi connectivity index (χ1v) is 11.5. The van der Waals surface area contributed by atoms with Gasteiger partial charge in [0.05, 0.1) is 5.69 Å². The second-order valence-electron chi connectivity index (χ2n) is 7.66. The number of anilines is 1. The molecule has 4 rings (SSSR count). The van der Waals surface area contributed by atoms with E-state index in [9.17, 15) is 9.59 Å². The van der Waals surface area contributed by atoms with Gasteiger partial charge in [-0.25, -0.2) is 0 Å². The number of nitrogens with zero attached hydrogens (tertiary/aromatic N) is 1. The molecule has 3 aromatic rings. The molecule has 4 nitrogen and oxygen atoms in total. The molecule has 0 aromatic heterocycles. The SMILES string of the molecule is CC(C)c1ccc(N2C(=O)/C(=C\c3ccccc3Sc3ccccc3)C(=O)NC2=S)cc1. The second kappa shape index (κ2) is 9.51. The molecule has 0 aliphatic carbocycles. The fourth-order valence-electron chi connectivity index (χ4n) is 3.36. The number of carbonyl (C=O) groups is 2. The molecule has 3 aromatic carbocycles. The molecule has 1 N–H and O–H groups in total. The second-order valence-corrected chi connectivity index (χ2v) is 9.16. The monoisotopic (exact) mass is 458 g/mol. The lowest BCUT2D eigenvalue weighted by Gasteiger charge is -2.29. The van der Waals surface area contributed by atoms with Gasteiger partial charge in [-0.3, -0.25) is 19.8 Å². The molecule has 1 fully saturated rings. The van der Waals surface area contributed by atoms with Crippen LogP contribution in [0.4, 0.5) is 5.69 Å². The number of hydrogen-bond donors (Lipinski definition) is 1. The van der Waals surface area contributed by atoms with E-state index in [4.69, 9.17) is 12.2 Å². The Bertz CT molecular complexity index is 1200. The Labute approximate surface area is 197 Å². The standard InChI is InChI=1S/C26H22N2O2S2/c1-17(2)18-12-14-20(15-13-18)28-25(30)22(24(29)27-26(28)31)16-19-8-6-7-11-23(19)32-21-9-4-3-5-10-21/h3-17H,1-2H3,(H,27,29,31)/b22-16-. The minimum Gasteiger partial charge on any atom is -0.298 e. The maximum absolute atomic E-state index is 13.3. The fraction of sp³-hybridized carbons (Fsp3) is 0.115. The van der Waals surface area contributed by atoms with E-state index < -0.39 is 11.8 Å². The van der Waals surface area contributed by atoms with Crippen molar-refractivity contribution in [1.29, 1.82) is 0 Å². The quantitative estimate of drug-likeness (QED) is 0.299. The topological polar surface area (TPSA) is 49.4 Å². The molecule has 0 saturated carbocycles. The summed E-state index contributed by atoms with van der Waals surface area (Å²) < 4.78 is 0. The normalized spacial score (nSPS) is 15.4. The molecule has 0 bridgehead atoms. The van der Waals surface area contributed by atoms with Crippen LogP contribution in [0.3, 0.4) is 0 Å². The average molecular weight is 459 g/mol. The molecule has 0 atom stereocenters. The highest BCUT2D eigenvalue weighted by Gasteiger charge is 2.34. The minimum atomic E-state index is -0.491. The summed E-state index contributed by atoms with van der Waals surface area (Å²) in [5.41, 5.74) is 2.63. The Morgan fingerprint density at radius 2 is 1.56 bits per heavy atom. The molecule has 1 aliphatic rings. The van der Waals surface area contributed by atoms with Gasteiger partial charge in [0.2, 0.25) is 0 Å². The van der Waals surface area contributed by atoms with Crippen molar-refractivity contribution in [3.8, 4) is 0 Å². The van der Waals surface area contributed by atoms with Crippen LogP contribution in [-0.2, 0) is 9.59 Å². The van der Waals surface area contributed by atoms with Crippen LogP contribution in [0.15, 0.2) is 94.2 Å². The van der Waals surface area contributed by atoms with E-state index in [-0.39, 0.29) is 10.7 Å². The summed E-state index contributed by atoms with van der Waals surface area (Å²) in [6.07, 6.45) is 1.64. The van der Waals surface area contributed by atoms with Crippen LogP contribution in [-0.4, -0.2) is 16.9 Å². The zero-order valence-electron chi connectivity index (χ0n) is 17.7. The first-order valence-electron chi connectivity index (χ1n) is 10.3. The zero-order chi connectivity index (χ0) is 22.7. The maximum Gasteiger partial charge on any atom is 0.270 e. The highest BCUT2D eigenvalue weighted by atomic mass is 32.2. The van der Waals surface area contributed by atoms with Crippen molar-refractivity contribution in [3.05, 3.63) is 95.6 Å². The van der Waals surface area contributed by atoms with Crippen LogP contribution < -0.4 is 10.2 Å². The Morgan fingerprint density at radius 1 is 0.906 bits per heavy atom. The van der Waals surface area contributed by atoms with Crippen molar-refractivity contribution in [3.63, 3.8) is 0 Å². The van der Waals surface area contributed by atoms with Crippen LogP contribution in [0.1, 0.15) is 30.9 Å². The molecular weight excluding hydrogens is 436 g/mol. The van der Waals surface area contributed by atoms with Gasteiger partial charge in [0.1, 0.15) is 5.57 Å². The van der Waals surface area contributed by atoms with Crippen LogP contribution >= 0.6 is 24.0 Å². The highest BCUT2D eigenvalue weighted by molar-refractivity contribution is 7.99. The van der Waals surface area contributed by atoms with Gasteiger partial charge in [0.15, 0.2) is 5.11 Å². The molecular formula is C26H22N2O2S2. The lowest BCUT2D eigenvalue weighted by Crippen LogP contribution is -2.54. The van der Waals surface area contributed by atoms with Crippen molar-refractivity contribution in [1.82, 2.24) is 5.32 Å². The Balaban J connectivity index is 1.68. The van der Waals surface area contributed by atoms with Crippen molar-refractivity contribution in [2.75, 3.05) is 4.90 Å². The van der Waals surface area contributed by atoms with E-state index >= 15 is 0 Å². The van der Waals surface area contributed by atoms with E-state index in [2.05, 4.69) is 19.2 Å². The molecule has 1 saturated heterocycles. The Hall–Kier alpha value is -3.22. The number of carbonyl (C=O) groups excluding carboxylic acids is 2. The molecule has 2 amide bonds. The third kappa shape index (κ3) is 4.66. The predicted molar refractivity (Wildman–Crippen MR) is 134 cm³/mol. The van der Waals surface area contributed by atoms with E-state index in [1.54, 1.807) is 17.8 Å². The van der Waals surface area contributed by atoms with E-state index in [1.807, 2.05) is 78.9 Å². The first kappa shape index (κ1) is 22.0. The summed E-state index contributed by atoms with van der Waals surface area (Å²) in [5.74, 6) is -0.549. The number of nitrogens with one attached hydrogen (secondary N) is 1. The van der Waals surface area contributed by atoms with E-state index in [1.165, 1.54) is 4.90 Å². The third-order valence-corrected chi connectivity index (χ3v) is 6.49. The van der Waals surface area contributed by atoms with Crippen molar-refractivity contribution >= 4 is 52.7 Å². The maximum atomic E-state index is 13.3. The molecule has 160 valence electrons. The average Bonchev–Trinajstić information content (AvgIpc) is 2.78.